The Morgan fingerprint density at radius 3 is 2.50 bits per heavy atom. The third-order valence-electron chi connectivity index (χ3n) is 2.28. The number of amides is 1. The van der Waals surface area contributed by atoms with Gasteiger partial charge in [-0.15, -0.1) is 0 Å². The van der Waals surface area contributed by atoms with Crippen LogP contribution < -0.4 is 11.1 Å². The van der Waals surface area contributed by atoms with E-state index >= 15 is 0 Å². The van der Waals surface area contributed by atoms with Crippen LogP contribution in [0.15, 0.2) is 16.6 Å². The molecule has 0 fully saturated rings. The number of hydrogen-bond acceptors (Lipinski definition) is 3. The van der Waals surface area contributed by atoms with Gasteiger partial charge in [0.05, 0.1) is 12.5 Å². The number of carbonyl (C=O) groups is 1. The summed E-state index contributed by atoms with van der Waals surface area (Å²) in [5.74, 6) is -2.26. The van der Waals surface area contributed by atoms with Gasteiger partial charge in [-0.1, -0.05) is 15.9 Å². The highest BCUT2D eigenvalue weighted by atomic mass is 79.9. The maximum Gasteiger partial charge on any atom is 0.227 e. The predicted molar refractivity (Wildman–Crippen MR) is 67.2 cm³/mol. The molecule has 1 aromatic rings. The second kappa shape index (κ2) is 6.77. The molecule has 1 amide bonds. The highest BCUT2D eigenvalue weighted by Gasteiger charge is 2.16. The van der Waals surface area contributed by atoms with E-state index in [1.807, 2.05) is 0 Å². The largest absolute Gasteiger partial charge is 0.380 e. The second-order valence-corrected chi connectivity index (χ2v) is 4.51. The Hall–Kier alpha value is -1.05. The molecule has 100 valence electrons. The van der Waals surface area contributed by atoms with Gasteiger partial charge in [0.25, 0.3) is 0 Å². The molecular formula is C11H13BrF2N2O2. The van der Waals surface area contributed by atoms with Crippen LogP contribution >= 0.6 is 15.9 Å². The van der Waals surface area contributed by atoms with E-state index in [1.165, 1.54) is 7.11 Å². The molecule has 0 saturated carbocycles. The van der Waals surface area contributed by atoms with Crippen molar-refractivity contribution in [2.24, 2.45) is 5.73 Å². The molecule has 0 aromatic heterocycles. The fraction of sp³-hybridized carbons (Fsp3) is 0.364. The molecule has 1 unspecified atom stereocenters. The van der Waals surface area contributed by atoms with Crippen molar-refractivity contribution in [2.75, 3.05) is 19.0 Å². The number of ether oxygens (including phenoxy) is 1. The van der Waals surface area contributed by atoms with E-state index in [1.54, 1.807) is 0 Å². The van der Waals surface area contributed by atoms with Gasteiger partial charge in [-0.3, -0.25) is 4.79 Å². The van der Waals surface area contributed by atoms with Crippen molar-refractivity contribution in [1.82, 2.24) is 0 Å². The summed E-state index contributed by atoms with van der Waals surface area (Å²) in [4.78, 5) is 11.5. The van der Waals surface area contributed by atoms with Gasteiger partial charge in [0.2, 0.25) is 5.91 Å². The third-order valence-corrected chi connectivity index (χ3v) is 2.74. The van der Waals surface area contributed by atoms with Crippen molar-refractivity contribution in [1.29, 1.82) is 0 Å². The van der Waals surface area contributed by atoms with E-state index in [9.17, 15) is 13.6 Å². The molecule has 0 aliphatic heterocycles. The van der Waals surface area contributed by atoms with Crippen LogP contribution in [-0.4, -0.2) is 25.7 Å². The van der Waals surface area contributed by atoms with E-state index in [0.29, 0.717) is 0 Å². The van der Waals surface area contributed by atoms with Crippen LogP contribution in [-0.2, 0) is 9.53 Å². The Labute approximate surface area is 112 Å². The number of anilines is 1. The Balaban J connectivity index is 2.76. The normalized spacial score (nSPS) is 12.3. The molecule has 1 aromatic carbocycles. The van der Waals surface area contributed by atoms with Crippen LogP contribution in [0.1, 0.15) is 6.42 Å². The van der Waals surface area contributed by atoms with Crippen LogP contribution in [0.2, 0.25) is 0 Å². The maximum atomic E-state index is 13.4. The summed E-state index contributed by atoms with van der Waals surface area (Å²) in [5.41, 5.74) is 4.87. The standard InChI is InChI=1S/C11H13BrF2N2O2/c1-18-7(5-15)4-10(17)16-11-8(13)2-6(12)3-9(11)14/h2-3,7H,4-5,15H2,1H3,(H,16,17). The lowest BCUT2D eigenvalue weighted by Crippen LogP contribution is -2.28. The first-order chi connectivity index (χ1) is 8.47. The number of benzene rings is 1. The second-order valence-electron chi connectivity index (χ2n) is 3.59. The van der Waals surface area contributed by atoms with Crippen molar-refractivity contribution in [2.45, 2.75) is 12.5 Å². The fourth-order valence-corrected chi connectivity index (χ4v) is 1.72. The van der Waals surface area contributed by atoms with Gasteiger partial charge in [0.1, 0.15) is 5.69 Å². The van der Waals surface area contributed by atoms with E-state index < -0.39 is 29.3 Å². The summed E-state index contributed by atoms with van der Waals surface area (Å²) in [6.45, 7) is 0.148. The van der Waals surface area contributed by atoms with Crippen molar-refractivity contribution in [3.8, 4) is 0 Å². The Morgan fingerprint density at radius 1 is 1.50 bits per heavy atom. The summed E-state index contributed by atoms with van der Waals surface area (Å²) >= 11 is 2.95. The number of nitrogens with two attached hydrogens (primary N) is 1. The summed E-state index contributed by atoms with van der Waals surface area (Å²) in [5, 5.41) is 2.16. The molecule has 0 saturated heterocycles. The predicted octanol–water partition coefficient (Wildman–Crippen LogP) is 2.03. The number of methoxy groups -OCH3 is 1. The smallest absolute Gasteiger partial charge is 0.227 e. The number of carbonyl (C=O) groups excluding carboxylic acids is 1. The van der Waals surface area contributed by atoms with Crippen LogP contribution in [0.5, 0.6) is 0 Å². The number of halogens is 3. The van der Waals surface area contributed by atoms with Crippen molar-refractivity contribution in [3.05, 3.63) is 28.2 Å². The highest BCUT2D eigenvalue weighted by molar-refractivity contribution is 9.10. The van der Waals surface area contributed by atoms with Gasteiger partial charge < -0.3 is 15.8 Å². The van der Waals surface area contributed by atoms with Crippen LogP contribution in [0.4, 0.5) is 14.5 Å². The minimum atomic E-state index is -0.850. The Kier molecular flexibility index (Phi) is 5.64. The Morgan fingerprint density at radius 2 is 2.06 bits per heavy atom. The first-order valence-electron chi connectivity index (χ1n) is 5.15. The lowest BCUT2D eigenvalue weighted by Gasteiger charge is -2.13. The summed E-state index contributed by atoms with van der Waals surface area (Å²) < 4.78 is 32.0. The highest BCUT2D eigenvalue weighted by Crippen LogP contribution is 2.23. The molecule has 3 N–H and O–H groups in total. The van der Waals surface area contributed by atoms with Crippen molar-refractivity contribution >= 4 is 27.5 Å². The minimum absolute atomic E-state index is 0.0675. The molecule has 0 spiro atoms. The molecule has 18 heavy (non-hydrogen) atoms. The average molecular weight is 323 g/mol. The molecule has 0 aliphatic rings. The van der Waals surface area contributed by atoms with E-state index in [2.05, 4.69) is 21.2 Å². The van der Waals surface area contributed by atoms with Gasteiger partial charge in [-0.2, -0.15) is 0 Å². The number of hydrogen-bond donors (Lipinski definition) is 2. The van der Waals surface area contributed by atoms with Crippen LogP contribution in [0.25, 0.3) is 0 Å². The van der Waals surface area contributed by atoms with Gasteiger partial charge >= 0.3 is 0 Å². The quantitative estimate of drug-likeness (QED) is 0.871. The summed E-state index contributed by atoms with van der Waals surface area (Å²) in [6, 6.07) is 2.13. The molecule has 0 bridgehead atoms. The molecule has 4 nitrogen and oxygen atoms in total. The monoisotopic (exact) mass is 322 g/mol. The summed E-state index contributed by atoms with van der Waals surface area (Å²) in [7, 11) is 1.41. The van der Waals surface area contributed by atoms with Crippen LogP contribution in [0, 0.1) is 11.6 Å². The van der Waals surface area contributed by atoms with E-state index in [0.717, 1.165) is 12.1 Å². The van der Waals surface area contributed by atoms with E-state index in [-0.39, 0.29) is 17.4 Å². The van der Waals surface area contributed by atoms with E-state index in [4.69, 9.17) is 10.5 Å². The molecule has 0 radical (unpaired) electrons. The van der Waals surface area contributed by atoms with Crippen molar-refractivity contribution < 1.29 is 18.3 Å². The van der Waals surface area contributed by atoms with Gasteiger partial charge in [-0.25, -0.2) is 8.78 Å². The lowest BCUT2D eigenvalue weighted by molar-refractivity contribution is -0.118. The van der Waals surface area contributed by atoms with Crippen molar-refractivity contribution in [3.63, 3.8) is 0 Å². The zero-order valence-electron chi connectivity index (χ0n) is 9.67. The molecule has 1 atom stereocenters. The van der Waals surface area contributed by atoms with Gasteiger partial charge in [0.15, 0.2) is 11.6 Å². The zero-order valence-corrected chi connectivity index (χ0v) is 11.3. The Bertz CT molecular complexity index is 416. The average Bonchev–Trinajstić information content (AvgIpc) is 2.30. The number of rotatable bonds is 5. The SMILES string of the molecule is COC(CN)CC(=O)Nc1c(F)cc(Br)cc1F. The van der Waals surface area contributed by atoms with Gasteiger partial charge in [-0.05, 0) is 12.1 Å². The number of nitrogens with one attached hydrogen (secondary N) is 1. The topological polar surface area (TPSA) is 64.3 Å². The molecular weight excluding hydrogens is 310 g/mol. The third kappa shape index (κ3) is 4.01. The first kappa shape index (κ1) is 15.0. The molecule has 0 heterocycles. The molecule has 1 rings (SSSR count). The summed E-state index contributed by atoms with van der Waals surface area (Å²) in [6.07, 6.45) is -0.548. The van der Waals surface area contributed by atoms with Crippen LogP contribution in [0.3, 0.4) is 0 Å². The maximum absolute atomic E-state index is 13.4. The lowest BCUT2D eigenvalue weighted by atomic mass is 10.2. The molecule has 0 aliphatic carbocycles. The van der Waals surface area contributed by atoms with Gasteiger partial charge in [0, 0.05) is 18.1 Å². The zero-order chi connectivity index (χ0) is 13.7. The minimum Gasteiger partial charge on any atom is -0.380 e. The fourth-order valence-electron chi connectivity index (χ4n) is 1.32. The molecule has 7 heteroatoms. The first-order valence-corrected chi connectivity index (χ1v) is 5.94.